The molecule has 2 amide bonds. The first-order chi connectivity index (χ1) is 11.4. The summed E-state index contributed by atoms with van der Waals surface area (Å²) in [5.74, 6) is 0. The molecule has 0 aliphatic carbocycles. The third-order valence-electron chi connectivity index (χ3n) is 3.45. The molecule has 2 N–H and O–H groups in total. The maximum atomic E-state index is 12.2. The van der Waals surface area contributed by atoms with Crippen LogP contribution in [0.1, 0.15) is 25.6 Å². The number of carbonyl (C=O) groups is 1. The van der Waals surface area contributed by atoms with Crippen molar-refractivity contribution in [3.05, 3.63) is 52.3 Å². The van der Waals surface area contributed by atoms with E-state index < -0.39 is 0 Å². The molecule has 3 aromatic rings. The molecule has 0 atom stereocenters. The van der Waals surface area contributed by atoms with Crippen molar-refractivity contribution < 1.29 is 4.79 Å². The van der Waals surface area contributed by atoms with Crippen molar-refractivity contribution in [2.45, 2.75) is 26.2 Å². The lowest BCUT2D eigenvalue weighted by Crippen LogP contribution is -2.18. The zero-order valence-electron chi connectivity index (χ0n) is 13.8. The summed E-state index contributed by atoms with van der Waals surface area (Å²) in [5, 5.41) is 10.6. The Kier molecular flexibility index (Phi) is 4.69. The molecule has 0 aliphatic heterocycles. The van der Waals surface area contributed by atoms with E-state index in [-0.39, 0.29) is 11.4 Å². The summed E-state index contributed by atoms with van der Waals surface area (Å²) in [6.45, 7) is 6.49. The van der Waals surface area contributed by atoms with Gasteiger partial charge in [-0.05, 0) is 40.8 Å². The minimum atomic E-state index is -0.226. The van der Waals surface area contributed by atoms with Crippen molar-refractivity contribution in [3.63, 3.8) is 0 Å². The van der Waals surface area contributed by atoms with Gasteiger partial charge in [0.1, 0.15) is 0 Å². The average molecular weight is 358 g/mol. The van der Waals surface area contributed by atoms with E-state index in [9.17, 15) is 4.79 Å². The Morgan fingerprint density at radius 1 is 1.00 bits per heavy atom. The highest BCUT2D eigenvalue weighted by Crippen LogP contribution is 2.31. The summed E-state index contributed by atoms with van der Waals surface area (Å²) >= 11 is 3.16. The highest BCUT2D eigenvalue weighted by Gasteiger charge is 2.16. The van der Waals surface area contributed by atoms with Crippen LogP contribution in [0.15, 0.2) is 47.4 Å². The van der Waals surface area contributed by atoms with Crippen LogP contribution in [0.2, 0.25) is 0 Å². The molecular weight excluding hydrogens is 338 g/mol. The van der Waals surface area contributed by atoms with E-state index in [1.165, 1.54) is 16.2 Å². The van der Waals surface area contributed by atoms with Gasteiger partial charge in [-0.1, -0.05) is 20.8 Å². The molecule has 0 aliphatic rings. The highest BCUT2D eigenvalue weighted by molar-refractivity contribution is 7.14. The Bertz CT molecular complexity index is 831. The number of pyridine rings is 1. The fourth-order valence-corrected chi connectivity index (χ4v) is 3.90. The number of nitrogens with one attached hydrogen (secondary N) is 2. The van der Waals surface area contributed by atoms with Gasteiger partial charge in [0.25, 0.3) is 0 Å². The number of amides is 2. The van der Waals surface area contributed by atoms with Crippen molar-refractivity contribution in [3.8, 4) is 11.1 Å². The molecule has 0 saturated carbocycles. The first-order valence-electron chi connectivity index (χ1n) is 7.58. The smallest absolute Gasteiger partial charge is 0.307 e. The third-order valence-corrected chi connectivity index (χ3v) is 5.65. The Hall–Kier alpha value is -2.18. The molecule has 24 heavy (non-hydrogen) atoms. The Morgan fingerprint density at radius 3 is 2.42 bits per heavy atom. The molecule has 0 fully saturated rings. The highest BCUT2D eigenvalue weighted by atomic mass is 32.1. The molecule has 0 bridgehead atoms. The van der Waals surface area contributed by atoms with Gasteiger partial charge in [0, 0.05) is 28.0 Å². The van der Waals surface area contributed by atoms with Crippen LogP contribution in [0.25, 0.3) is 11.1 Å². The van der Waals surface area contributed by atoms with E-state index in [0.717, 1.165) is 21.8 Å². The summed E-state index contributed by atoms with van der Waals surface area (Å²) in [4.78, 5) is 17.4. The van der Waals surface area contributed by atoms with Crippen LogP contribution in [-0.4, -0.2) is 11.0 Å². The molecule has 6 heteroatoms. The van der Waals surface area contributed by atoms with Gasteiger partial charge in [-0.25, -0.2) is 4.79 Å². The number of anilines is 2. The molecule has 0 saturated heterocycles. The largest absolute Gasteiger partial charge is 0.324 e. The number of hydrogen-bond donors (Lipinski definition) is 2. The molecule has 0 unspecified atom stereocenters. The fraction of sp³-hybridized carbons (Fsp3) is 0.222. The lowest BCUT2D eigenvalue weighted by molar-refractivity contribution is 0.262. The monoisotopic (exact) mass is 357 g/mol. The molecule has 3 aromatic heterocycles. The maximum Gasteiger partial charge on any atom is 0.324 e. The van der Waals surface area contributed by atoms with Gasteiger partial charge >= 0.3 is 6.03 Å². The molecule has 0 aromatic carbocycles. The van der Waals surface area contributed by atoms with Crippen LogP contribution in [0, 0.1) is 0 Å². The summed E-state index contributed by atoms with van der Waals surface area (Å²) in [7, 11) is 0. The number of aromatic nitrogens is 1. The van der Waals surface area contributed by atoms with E-state index in [1.54, 1.807) is 23.7 Å². The van der Waals surface area contributed by atoms with E-state index >= 15 is 0 Å². The van der Waals surface area contributed by atoms with Crippen LogP contribution in [-0.2, 0) is 5.41 Å². The van der Waals surface area contributed by atoms with Gasteiger partial charge < -0.3 is 5.32 Å². The van der Waals surface area contributed by atoms with E-state index in [2.05, 4.69) is 36.4 Å². The molecule has 3 rings (SSSR count). The predicted molar refractivity (Wildman–Crippen MR) is 103 cm³/mol. The third kappa shape index (κ3) is 4.01. The lowest BCUT2D eigenvalue weighted by atomic mass is 9.95. The minimum Gasteiger partial charge on any atom is -0.307 e. The number of urea groups is 1. The number of rotatable bonds is 3. The topological polar surface area (TPSA) is 54.0 Å². The summed E-state index contributed by atoms with van der Waals surface area (Å²) in [5.41, 5.74) is 3.08. The minimum absolute atomic E-state index is 0.0915. The van der Waals surface area contributed by atoms with Gasteiger partial charge in [0.2, 0.25) is 0 Å². The Balaban J connectivity index is 1.63. The zero-order chi connectivity index (χ0) is 17.2. The lowest BCUT2D eigenvalue weighted by Gasteiger charge is -2.15. The molecule has 3 heterocycles. The quantitative estimate of drug-likeness (QED) is 0.621. The van der Waals surface area contributed by atoms with E-state index in [0.29, 0.717) is 0 Å². The first-order valence-corrected chi connectivity index (χ1v) is 9.34. The van der Waals surface area contributed by atoms with Crippen molar-refractivity contribution >= 4 is 39.4 Å². The number of carbonyl (C=O) groups excluding carboxylic acids is 1. The standard InChI is InChI=1S/C18H19N3OS2/c1-18(2,3)15-9-14(11-23-15)20-17(22)21-16-8-13(10-24-16)12-4-6-19-7-5-12/h4-11H,1-3H3,(H2,20,21,22). The maximum absolute atomic E-state index is 12.2. The van der Waals surface area contributed by atoms with Crippen molar-refractivity contribution in [1.29, 1.82) is 0 Å². The van der Waals surface area contributed by atoms with Crippen molar-refractivity contribution in [2.24, 2.45) is 0 Å². The van der Waals surface area contributed by atoms with Gasteiger partial charge in [-0.2, -0.15) is 0 Å². The fourth-order valence-electron chi connectivity index (χ4n) is 2.17. The number of hydrogen-bond acceptors (Lipinski definition) is 4. The Morgan fingerprint density at radius 2 is 1.75 bits per heavy atom. The predicted octanol–water partition coefficient (Wildman–Crippen LogP) is 5.81. The second-order valence-corrected chi connectivity index (χ2v) is 8.29. The average Bonchev–Trinajstić information content (AvgIpc) is 3.17. The van der Waals surface area contributed by atoms with E-state index in [1.807, 2.05) is 35.0 Å². The van der Waals surface area contributed by atoms with Crippen LogP contribution < -0.4 is 10.6 Å². The van der Waals surface area contributed by atoms with Crippen LogP contribution in [0.5, 0.6) is 0 Å². The van der Waals surface area contributed by atoms with E-state index in [4.69, 9.17) is 0 Å². The normalized spacial score (nSPS) is 11.3. The first kappa shape index (κ1) is 16.7. The van der Waals surface area contributed by atoms with Gasteiger partial charge in [-0.3, -0.25) is 10.3 Å². The number of nitrogens with zero attached hydrogens (tertiary/aromatic N) is 1. The van der Waals surface area contributed by atoms with Gasteiger partial charge in [0.05, 0.1) is 10.7 Å². The van der Waals surface area contributed by atoms with Gasteiger partial charge in [-0.15, -0.1) is 22.7 Å². The van der Waals surface area contributed by atoms with Crippen molar-refractivity contribution in [2.75, 3.05) is 10.6 Å². The van der Waals surface area contributed by atoms with Crippen LogP contribution >= 0.6 is 22.7 Å². The molecule has 0 radical (unpaired) electrons. The van der Waals surface area contributed by atoms with Gasteiger partial charge in [0.15, 0.2) is 0 Å². The van der Waals surface area contributed by atoms with Crippen LogP contribution in [0.4, 0.5) is 15.5 Å². The number of thiophene rings is 2. The summed E-state index contributed by atoms with van der Waals surface area (Å²) in [6, 6.07) is 7.67. The van der Waals surface area contributed by atoms with Crippen LogP contribution in [0.3, 0.4) is 0 Å². The summed E-state index contributed by atoms with van der Waals surface area (Å²) < 4.78 is 0. The second-order valence-electron chi connectivity index (χ2n) is 6.46. The summed E-state index contributed by atoms with van der Waals surface area (Å²) in [6.07, 6.45) is 3.52. The van der Waals surface area contributed by atoms with Crippen molar-refractivity contribution in [1.82, 2.24) is 4.98 Å². The Labute approximate surface area is 149 Å². The SMILES string of the molecule is CC(C)(C)c1cc(NC(=O)Nc2cc(-c3ccncc3)cs2)cs1. The molecule has 124 valence electrons. The molecular formula is C18H19N3OS2. The molecule has 4 nitrogen and oxygen atoms in total. The molecule has 0 spiro atoms. The second kappa shape index (κ2) is 6.75. The zero-order valence-corrected chi connectivity index (χ0v) is 15.4.